The Morgan fingerprint density at radius 2 is 1.67 bits per heavy atom. The van der Waals surface area contributed by atoms with Crippen molar-refractivity contribution >= 4 is 47.9 Å². The van der Waals surface area contributed by atoms with Gasteiger partial charge in [-0.2, -0.15) is 0 Å². The van der Waals surface area contributed by atoms with Crippen LogP contribution in [0.5, 0.6) is 0 Å². The Bertz CT molecular complexity index is 1230. The Balaban J connectivity index is 0.00000228. The van der Waals surface area contributed by atoms with Crippen LogP contribution in [0.15, 0.2) is 42.6 Å². The molecule has 1 aliphatic heterocycles. The molecular formula is C24H25Cl2F4N5O. The van der Waals surface area contributed by atoms with Gasteiger partial charge in [0.2, 0.25) is 0 Å². The summed E-state index contributed by atoms with van der Waals surface area (Å²) in [5.41, 5.74) is 10.3. The topological polar surface area (TPSA) is 97.3 Å². The van der Waals surface area contributed by atoms with Crippen molar-refractivity contribution in [2.45, 2.75) is 19.4 Å². The molecule has 0 bridgehead atoms. The van der Waals surface area contributed by atoms with E-state index in [2.05, 4.69) is 10.3 Å². The van der Waals surface area contributed by atoms with Gasteiger partial charge in [-0.05, 0) is 36.6 Å². The first kappa shape index (κ1) is 29.2. The van der Waals surface area contributed by atoms with Crippen LogP contribution in [0.4, 0.5) is 34.8 Å². The molecule has 1 aliphatic rings. The lowest BCUT2D eigenvalue weighted by molar-refractivity contribution is 0.102. The number of amides is 1. The number of rotatable bonds is 4. The maximum atomic E-state index is 15.3. The second-order valence-electron chi connectivity index (χ2n) is 8.47. The van der Waals surface area contributed by atoms with Crippen molar-refractivity contribution in [1.29, 1.82) is 0 Å². The molecule has 0 saturated carbocycles. The molecular weight excluding hydrogens is 521 g/mol. The standard InChI is InChI=1S/C24H23F4N5O.2ClH/c1-12-7-13(29)11-33(10-12)19-8-20(30)31-9-18(19)32-24(34)14-5-6-17(27)22(23(14)28)21-15(25)3-2-4-16(21)26;;/h2-6,8-9,12-13H,7,10-11,29H2,1H3,(H2,30,31)(H,32,34);2*1H/t12-,13+;;/m1../s1. The Hall–Kier alpha value is -3.08. The lowest BCUT2D eigenvalue weighted by atomic mass is 9.96. The number of nitrogens with one attached hydrogen (secondary N) is 1. The Kier molecular flexibility index (Phi) is 9.53. The molecule has 1 saturated heterocycles. The lowest BCUT2D eigenvalue weighted by Gasteiger charge is -2.37. The van der Waals surface area contributed by atoms with Gasteiger partial charge < -0.3 is 21.7 Å². The first-order valence-electron chi connectivity index (χ1n) is 10.7. The van der Waals surface area contributed by atoms with Crippen molar-refractivity contribution in [2.24, 2.45) is 11.7 Å². The summed E-state index contributed by atoms with van der Waals surface area (Å²) < 4.78 is 58.2. The molecule has 2 heterocycles. The van der Waals surface area contributed by atoms with E-state index >= 15 is 4.39 Å². The van der Waals surface area contributed by atoms with Crippen LogP contribution in [0.1, 0.15) is 23.7 Å². The average Bonchev–Trinajstić information content (AvgIpc) is 2.76. The van der Waals surface area contributed by atoms with Gasteiger partial charge in [0, 0.05) is 25.2 Å². The van der Waals surface area contributed by atoms with Crippen LogP contribution < -0.4 is 21.7 Å². The number of hydrogen-bond acceptors (Lipinski definition) is 5. The number of benzene rings is 2. The van der Waals surface area contributed by atoms with Crippen molar-refractivity contribution in [3.8, 4) is 11.1 Å². The highest BCUT2D eigenvalue weighted by atomic mass is 35.5. The molecule has 5 N–H and O–H groups in total. The summed E-state index contributed by atoms with van der Waals surface area (Å²) in [5, 5.41) is 2.56. The van der Waals surface area contributed by atoms with Crippen LogP contribution in [0.3, 0.4) is 0 Å². The Morgan fingerprint density at radius 3 is 2.31 bits per heavy atom. The van der Waals surface area contributed by atoms with E-state index < -0.39 is 45.9 Å². The zero-order valence-electron chi connectivity index (χ0n) is 19.1. The second kappa shape index (κ2) is 11.8. The second-order valence-corrected chi connectivity index (χ2v) is 8.47. The summed E-state index contributed by atoms with van der Waals surface area (Å²) in [6.45, 7) is 3.21. The van der Waals surface area contributed by atoms with Crippen LogP contribution in [0.2, 0.25) is 0 Å². The monoisotopic (exact) mass is 545 g/mol. The van der Waals surface area contributed by atoms with Crippen molar-refractivity contribution in [2.75, 3.05) is 29.0 Å². The van der Waals surface area contributed by atoms with E-state index in [1.54, 1.807) is 6.07 Å². The van der Waals surface area contributed by atoms with Crippen molar-refractivity contribution in [1.82, 2.24) is 4.98 Å². The summed E-state index contributed by atoms with van der Waals surface area (Å²) in [5.74, 6) is -5.35. The molecule has 1 fully saturated rings. The van der Waals surface area contributed by atoms with Crippen LogP contribution in [-0.4, -0.2) is 30.0 Å². The third-order valence-electron chi connectivity index (χ3n) is 5.73. The van der Waals surface area contributed by atoms with Crippen LogP contribution in [0, 0.1) is 29.2 Å². The first-order valence-corrected chi connectivity index (χ1v) is 10.7. The molecule has 2 aromatic carbocycles. The van der Waals surface area contributed by atoms with Crippen molar-refractivity contribution < 1.29 is 22.4 Å². The third-order valence-corrected chi connectivity index (χ3v) is 5.73. The summed E-state index contributed by atoms with van der Waals surface area (Å²) in [7, 11) is 0. The van der Waals surface area contributed by atoms with E-state index in [-0.39, 0.29) is 48.3 Å². The molecule has 12 heteroatoms. The van der Waals surface area contributed by atoms with E-state index in [1.165, 1.54) is 6.20 Å². The highest BCUT2D eigenvalue weighted by Gasteiger charge is 2.27. The van der Waals surface area contributed by atoms with Gasteiger partial charge in [0.05, 0.1) is 34.3 Å². The highest BCUT2D eigenvalue weighted by molar-refractivity contribution is 6.07. The number of aromatic nitrogens is 1. The maximum Gasteiger partial charge on any atom is 0.258 e. The van der Waals surface area contributed by atoms with Gasteiger partial charge in [-0.1, -0.05) is 13.0 Å². The number of hydrogen-bond donors (Lipinski definition) is 3. The van der Waals surface area contributed by atoms with E-state index in [9.17, 15) is 18.0 Å². The number of nitrogens with two attached hydrogens (primary N) is 2. The summed E-state index contributed by atoms with van der Waals surface area (Å²) in [6, 6.07) is 6.00. The number of halogens is 6. The van der Waals surface area contributed by atoms with Gasteiger partial charge in [-0.3, -0.25) is 4.79 Å². The van der Waals surface area contributed by atoms with Crippen LogP contribution >= 0.6 is 24.8 Å². The van der Waals surface area contributed by atoms with Gasteiger partial charge >= 0.3 is 0 Å². The predicted octanol–water partition coefficient (Wildman–Crippen LogP) is 5.16. The van der Waals surface area contributed by atoms with Gasteiger partial charge in [0.25, 0.3) is 5.91 Å². The summed E-state index contributed by atoms with van der Waals surface area (Å²) >= 11 is 0. The SMILES string of the molecule is C[C@@H]1C[C@H](N)CN(c2cc(N)ncc2NC(=O)c2ccc(F)c(-c3c(F)cccc3F)c2F)C1.Cl.Cl. The molecule has 1 aromatic heterocycles. The van der Waals surface area contributed by atoms with Crippen LogP contribution in [-0.2, 0) is 0 Å². The quantitative estimate of drug-likeness (QED) is 0.393. The Labute approximate surface area is 217 Å². The van der Waals surface area contributed by atoms with Gasteiger partial charge in [-0.25, -0.2) is 22.5 Å². The van der Waals surface area contributed by atoms with Crippen molar-refractivity contribution in [3.05, 3.63) is 71.4 Å². The maximum absolute atomic E-state index is 15.3. The molecule has 0 spiro atoms. The van der Waals surface area contributed by atoms with E-state index in [4.69, 9.17) is 11.5 Å². The fourth-order valence-corrected chi connectivity index (χ4v) is 4.30. The number of carbonyl (C=O) groups excluding carboxylic acids is 1. The largest absolute Gasteiger partial charge is 0.384 e. The molecule has 2 atom stereocenters. The zero-order chi connectivity index (χ0) is 24.6. The fraction of sp³-hybridized carbons (Fsp3) is 0.250. The number of pyridine rings is 1. The normalized spacial score (nSPS) is 17.1. The minimum Gasteiger partial charge on any atom is -0.384 e. The van der Waals surface area contributed by atoms with Crippen LogP contribution in [0.25, 0.3) is 11.1 Å². The molecule has 1 amide bonds. The molecule has 3 aromatic rings. The number of nitrogen functional groups attached to an aromatic ring is 1. The molecule has 4 rings (SSSR count). The number of carbonyl (C=O) groups is 1. The lowest BCUT2D eigenvalue weighted by Crippen LogP contribution is -2.46. The zero-order valence-corrected chi connectivity index (χ0v) is 20.7. The smallest absolute Gasteiger partial charge is 0.258 e. The van der Waals surface area contributed by atoms with Crippen molar-refractivity contribution in [3.63, 3.8) is 0 Å². The summed E-state index contributed by atoms with van der Waals surface area (Å²) in [6.07, 6.45) is 2.17. The summed E-state index contributed by atoms with van der Waals surface area (Å²) in [4.78, 5) is 18.9. The minimum atomic E-state index is -1.39. The molecule has 36 heavy (non-hydrogen) atoms. The molecule has 0 unspecified atom stereocenters. The Morgan fingerprint density at radius 1 is 1.03 bits per heavy atom. The fourth-order valence-electron chi connectivity index (χ4n) is 4.30. The number of nitrogens with zero attached hydrogens (tertiary/aromatic N) is 2. The van der Waals surface area contributed by atoms with Gasteiger partial charge in [0.1, 0.15) is 29.1 Å². The molecule has 0 radical (unpaired) electrons. The van der Waals surface area contributed by atoms with E-state index in [1.807, 2.05) is 11.8 Å². The highest BCUT2D eigenvalue weighted by Crippen LogP contribution is 2.34. The molecule has 6 nitrogen and oxygen atoms in total. The first-order chi connectivity index (χ1) is 16.2. The van der Waals surface area contributed by atoms with Gasteiger partial charge in [0.15, 0.2) is 0 Å². The third kappa shape index (κ3) is 5.83. The number of anilines is 3. The molecule has 194 valence electrons. The molecule has 0 aliphatic carbocycles. The average molecular weight is 546 g/mol. The van der Waals surface area contributed by atoms with E-state index in [0.717, 1.165) is 36.8 Å². The predicted molar refractivity (Wildman–Crippen MR) is 137 cm³/mol. The van der Waals surface area contributed by atoms with E-state index in [0.29, 0.717) is 18.8 Å². The number of piperidine rings is 1. The minimum absolute atomic E-state index is 0. The van der Waals surface area contributed by atoms with Gasteiger partial charge in [-0.15, -0.1) is 24.8 Å².